The minimum absolute atomic E-state index is 0.0839. The monoisotopic (exact) mass is 280 g/mol. The van der Waals surface area contributed by atoms with Gasteiger partial charge in [-0.15, -0.1) is 0 Å². The summed E-state index contributed by atoms with van der Waals surface area (Å²) in [5.41, 5.74) is 6.81. The maximum atomic E-state index is 10.7. The summed E-state index contributed by atoms with van der Waals surface area (Å²) >= 11 is 1.91. The standard InChI is InChI=1S/C12H16N4O2S/c13-12(15-4-6-19-7-5-15)14-9-10-2-1-3-11(8-10)16(17)18/h1-3,8H,4-7,9H2,(H2,13,14). The second-order valence-corrected chi connectivity index (χ2v) is 5.43. The highest BCUT2D eigenvalue weighted by atomic mass is 32.2. The molecule has 1 aromatic rings. The van der Waals surface area contributed by atoms with Crippen molar-refractivity contribution >= 4 is 23.4 Å². The quantitative estimate of drug-likeness (QED) is 0.392. The van der Waals surface area contributed by atoms with Crippen LogP contribution in [0, 0.1) is 10.1 Å². The second kappa shape index (κ2) is 6.42. The van der Waals surface area contributed by atoms with Crippen LogP contribution < -0.4 is 5.73 Å². The molecule has 0 radical (unpaired) electrons. The minimum Gasteiger partial charge on any atom is -0.370 e. The zero-order valence-electron chi connectivity index (χ0n) is 10.5. The predicted molar refractivity (Wildman–Crippen MR) is 77.3 cm³/mol. The summed E-state index contributed by atoms with van der Waals surface area (Å²) in [6.07, 6.45) is 0. The third kappa shape index (κ3) is 3.85. The predicted octanol–water partition coefficient (Wildman–Crippen LogP) is 1.46. The van der Waals surface area contributed by atoms with Crippen molar-refractivity contribution in [3.63, 3.8) is 0 Å². The highest BCUT2D eigenvalue weighted by Gasteiger charge is 2.12. The van der Waals surface area contributed by atoms with Gasteiger partial charge in [-0.2, -0.15) is 11.8 Å². The Morgan fingerprint density at radius 3 is 2.89 bits per heavy atom. The summed E-state index contributed by atoms with van der Waals surface area (Å²) in [6.45, 7) is 2.20. The van der Waals surface area contributed by atoms with Gasteiger partial charge in [0.05, 0.1) is 11.5 Å². The van der Waals surface area contributed by atoms with E-state index in [1.165, 1.54) is 12.1 Å². The Morgan fingerprint density at radius 2 is 2.21 bits per heavy atom. The van der Waals surface area contributed by atoms with E-state index in [0.717, 1.165) is 30.2 Å². The number of thioether (sulfide) groups is 1. The fourth-order valence-electron chi connectivity index (χ4n) is 1.83. The molecule has 1 heterocycles. The summed E-state index contributed by atoms with van der Waals surface area (Å²) in [7, 11) is 0. The van der Waals surface area contributed by atoms with Crippen molar-refractivity contribution < 1.29 is 4.92 Å². The number of rotatable bonds is 3. The molecule has 1 fully saturated rings. The SMILES string of the molecule is NC(=NCc1cccc([N+](=O)[O-])c1)N1CCSCC1. The van der Waals surface area contributed by atoms with Gasteiger partial charge in [-0.05, 0) is 5.56 Å². The summed E-state index contributed by atoms with van der Waals surface area (Å²) < 4.78 is 0. The van der Waals surface area contributed by atoms with Gasteiger partial charge in [0.1, 0.15) is 0 Å². The van der Waals surface area contributed by atoms with Crippen molar-refractivity contribution in [3.05, 3.63) is 39.9 Å². The molecule has 0 aliphatic carbocycles. The first-order valence-electron chi connectivity index (χ1n) is 6.03. The summed E-state index contributed by atoms with van der Waals surface area (Å²) in [5, 5.41) is 10.7. The molecule has 1 aromatic carbocycles. The zero-order chi connectivity index (χ0) is 13.7. The number of hydrogen-bond donors (Lipinski definition) is 1. The van der Waals surface area contributed by atoms with Gasteiger partial charge in [-0.25, -0.2) is 4.99 Å². The lowest BCUT2D eigenvalue weighted by Crippen LogP contribution is -2.42. The highest BCUT2D eigenvalue weighted by molar-refractivity contribution is 7.99. The van der Waals surface area contributed by atoms with Gasteiger partial charge in [0, 0.05) is 36.7 Å². The van der Waals surface area contributed by atoms with Crippen LogP contribution in [0.25, 0.3) is 0 Å². The van der Waals surface area contributed by atoms with Crippen molar-refractivity contribution in [2.24, 2.45) is 10.7 Å². The Hall–Kier alpha value is -1.76. The number of nitrogens with two attached hydrogens (primary N) is 1. The maximum Gasteiger partial charge on any atom is 0.269 e. The smallest absolute Gasteiger partial charge is 0.269 e. The van der Waals surface area contributed by atoms with E-state index in [0.29, 0.717) is 12.5 Å². The molecule has 0 saturated carbocycles. The number of hydrogen-bond acceptors (Lipinski definition) is 4. The van der Waals surface area contributed by atoms with Gasteiger partial charge < -0.3 is 10.6 Å². The molecule has 2 N–H and O–H groups in total. The molecule has 0 bridgehead atoms. The van der Waals surface area contributed by atoms with Gasteiger partial charge in [0.25, 0.3) is 5.69 Å². The number of nitrogens with zero attached hydrogens (tertiary/aromatic N) is 3. The molecule has 0 aromatic heterocycles. The molecular weight excluding hydrogens is 264 g/mol. The van der Waals surface area contributed by atoms with Gasteiger partial charge in [0.15, 0.2) is 5.96 Å². The largest absolute Gasteiger partial charge is 0.370 e. The van der Waals surface area contributed by atoms with Crippen LogP contribution in [-0.2, 0) is 6.54 Å². The molecule has 2 rings (SSSR count). The Bertz CT molecular complexity index is 486. The minimum atomic E-state index is -0.404. The van der Waals surface area contributed by atoms with Crippen molar-refractivity contribution in [1.29, 1.82) is 0 Å². The molecule has 0 unspecified atom stereocenters. The first kappa shape index (κ1) is 13.7. The van der Waals surface area contributed by atoms with E-state index in [9.17, 15) is 10.1 Å². The Kier molecular flexibility index (Phi) is 4.62. The molecule has 1 saturated heterocycles. The number of benzene rings is 1. The molecular formula is C12H16N4O2S. The normalized spacial score (nSPS) is 16.4. The number of nitro benzene ring substituents is 1. The first-order valence-corrected chi connectivity index (χ1v) is 7.18. The van der Waals surface area contributed by atoms with Crippen LogP contribution in [0.1, 0.15) is 5.56 Å². The first-order chi connectivity index (χ1) is 9.16. The Labute approximate surface area is 115 Å². The van der Waals surface area contributed by atoms with E-state index < -0.39 is 4.92 Å². The third-order valence-corrected chi connectivity index (χ3v) is 3.82. The summed E-state index contributed by atoms with van der Waals surface area (Å²) in [4.78, 5) is 16.6. The zero-order valence-corrected chi connectivity index (χ0v) is 11.3. The number of guanidine groups is 1. The van der Waals surface area contributed by atoms with E-state index in [1.807, 2.05) is 22.7 Å². The number of non-ortho nitro benzene ring substituents is 1. The van der Waals surface area contributed by atoms with Gasteiger partial charge >= 0.3 is 0 Å². The molecule has 1 aliphatic heterocycles. The van der Waals surface area contributed by atoms with Crippen LogP contribution in [0.3, 0.4) is 0 Å². The van der Waals surface area contributed by atoms with Crippen LogP contribution >= 0.6 is 11.8 Å². The van der Waals surface area contributed by atoms with Crippen molar-refractivity contribution in [3.8, 4) is 0 Å². The molecule has 1 aliphatic rings. The van der Waals surface area contributed by atoms with Crippen molar-refractivity contribution in [2.45, 2.75) is 6.54 Å². The van der Waals surface area contributed by atoms with Crippen LogP contribution in [0.2, 0.25) is 0 Å². The van der Waals surface area contributed by atoms with E-state index in [2.05, 4.69) is 4.99 Å². The van der Waals surface area contributed by atoms with Crippen molar-refractivity contribution in [1.82, 2.24) is 4.90 Å². The van der Waals surface area contributed by atoms with E-state index in [4.69, 9.17) is 5.73 Å². The highest BCUT2D eigenvalue weighted by Crippen LogP contribution is 2.14. The lowest BCUT2D eigenvalue weighted by Gasteiger charge is -2.27. The van der Waals surface area contributed by atoms with Gasteiger partial charge in [-0.3, -0.25) is 10.1 Å². The van der Waals surface area contributed by atoms with Gasteiger partial charge in [-0.1, -0.05) is 12.1 Å². The number of aliphatic imine (C=N–C) groups is 1. The van der Waals surface area contributed by atoms with Crippen molar-refractivity contribution in [2.75, 3.05) is 24.6 Å². The molecule has 7 heteroatoms. The molecule has 0 spiro atoms. The van der Waals surface area contributed by atoms with Crippen LogP contribution in [0.15, 0.2) is 29.3 Å². The molecule has 0 atom stereocenters. The number of nitro groups is 1. The molecule has 0 amide bonds. The van der Waals surface area contributed by atoms with Crippen LogP contribution in [-0.4, -0.2) is 40.4 Å². The topological polar surface area (TPSA) is 84.8 Å². The summed E-state index contributed by atoms with van der Waals surface area (Å²) in [6, 6.07) is 6.48. The average Bonchev–Trinajstić information content (AvgIpc) is 2.46. The van der Waals surface area contributed by atoms with E-state index >= 15 is 0 Å². The lowest BCUT2D eigenvalue weighted by atomic mass is 10.2. The lowest BCUT2D eigenvalue weighted by molar-refractivity contribution is -0.384. The Morgan fingerprint density at radius 1 is 1.47 bits per heavy atom. The molecule has 102 valence electrons. The Balaban J connectivity index is 2.00. The molecule has 6 nitrogen and oxygen atoms in total. The second-order valence-electron chi connectivity index (χ2n) is 4.20. The molecule has 19 heavy (non-hydrogen) atoms. The average molecular weight is 280 g/mol. The van der Waals surface area contributed by atoms with E-state index in [1.54, 1.807) is 6.07 Å². The third-order valence-electron chi connectivity index (χ3n) is 2.88. The van der Waals surface area contributed by atoms with Crippen LogP contribution in [0.4, 0.5) is 5.69 Å². The maximum absolute atomic E-state index is 10.7. The fraction of sp³-hybridized carbons (Fsp3) is 0.417. The van der Waals surface area contributed by atoms with Gasteiger partial charge in [0.2, 0.25) is 0 Å². The summed E-state index contributed by atoms with van der Waals surface area (Å²) in [5.74, 6) is 2.65. The fourth-order valence-corrected chi connectivity index (χ4v) is 2.74. The van der Waals surface area contributed by atoms with Crippen LogP contribution in [0.5, 0.6) is 0 Å². The van der Waals surface area contributed by atoms with E-state index in [-0.39, 0.29) is 5.69 Å².